The highest BCUT2D eigenvalue weighted by Gasteiger charge is 2.25. The first-order chi connectivity index (χ1) is 11.5. The molecule has 0 saturated heterocycles. The quantitative estimate of drug-likeness (QED) is 0.918. The number of carbonyl (C=O) groups is 2. The van der Waals surface area contributed by atoms with E-state index in [9.17, 15) is 9.59 Å². The SMILES string of the molecule is CN(C)c1ncnc2c1CN(C(=O)c1ccc(C(=O)O)cc1)CC2. The third-order valence-corrected chi connectivity index (χ3v) is 4.07. The van der Waals surface area contributed by atoms with Crippen LogP contribution in [0.2, 0.25) is 0 Å². The van der Waals surface area contributed by atoms with Crippen LogP contribution in [0.3, 0.4) is 0 Å². The zero-order valence-corrected chi connectivity index (χ0v) is 13.6. The molecular weight excluding hydrogens is 308 g/mol. The van der Waals surface area contributed by atoms with Gasteiger partial charge in [-0.1, -0.05) is 0 Å². The van der Waals surface area contributed by atoms with Crippen molar-refractivity contribution >= 4 is 17.7 Å². The number of anilines is 1. The number of hydrogen-bond acceptors (Lipinski definition) is 5. The Morgan fingerprint density at radius 1 is 1.12 bits per heavy atom. The molecule has 1 N–H and O–H groups in total. The Morgan fingerprint density at radius 2 is 1.79 bits per heavy atom. The summed E-state index contributed by atoms with van der Waals surface area (Å²) >= 11 is 0. The largest absolute Gasteiger partial charge is 0.478 e. The molecule has 7 nitrogen and oxygen atoms in total. The molecule has 2 aromatic rings. The van der Waals surface area contributed by atoms with E-state index in [2.05, 4.69) is 9.97 Å². The summed E-state index contributed by atoms with van der Waals surface area (Å²) in [5.74, 6) is -0.307. The van der Waals surface area contributed by atoms with Crippen LogP contribution in [0.1, 0.15) is 32.0 Å². The Kier molecular flexibility index (Phi) is 4.16. The van der Waals surface area contributed by atoms with E-state index >= 15 is 0 Å². The molecule has 1 aliphatic rings. The molecule has 0 unspecified atom stereocenters. The first kappa shape index (κ1) is 15.9. The lowest BCUT2D eigenvalue weighted by molar-refractivity contribution is 0.0692. The maximum Gasteiger partial charge on any atom is 0.335 e. The van der Waals surface area contributed by atoms with E-state index < -0.39 is 5.97 Å². The topological polar surface area (TPSA) is 86.6 Å². The maximum atomic E-state index is 12.7. The van der Waals surface area contributed by atoms with Crippen molar-refractivity contribution in [1.29, 1.82) is 0 Å². The highest BCUT2D eigenvalue weighted by molar-refractivity contribution is 5.96. The second-order valence-electron chi connectivity index (χ2n) is 5.88. The van der Waals surface area contributed by atoms with Crippen LogP contribution in [0, 0.1) is 0 Å². The van der Waals surface area contributed by atoms with Gasteiger partial charge in [-0.15, -0.1) is 0 Å². The third kappa shape index (κ3) is 2.92. The molecule has 1 amide bonds. The summed E-state index contributed by atoms with van der Waals surface area (Å²) in [6, 6.07) is 5.99. The summed E-state index contributed by atoms with van der Waals surface area (Å²) in [6.07, 6.45) is 2.23. The molecule has 3 rings (SSSR count). The number of aromatic carboxylic acids is 1. The molecule has 1 aliphatic heterocycles. The van der Waals surface area contributed by atoms with E-state index in [1.54, 1.807) is 23.4 Å². The van der Waals surface area contributed by atoms with Crippen LogP contribution in [0.4, 0.5) is 5.82 Å². The van der Waals surface area contributed by atoms with Crippen molar-refractivity contribution < 1.29 is 14.7 Å². The maximum absolute atomic E-state index is 12.7. The number of carboxylic acid groups (broad SMARTS) is 1. The fraction of sp³-hybridized carbons (Fsp3) is 0.294. The summed E-state index contributed by atoms with van der Waals surface area (Å²) in [5, 5.41) is 8.94. The van der Waals surface area contributed by atoms with E-state index in [-0.39, 0.29) is 11.5 Å². The molecule has 0 aliphatic carbocycles. The number of aromatic nitrogens is 2. The molecule has 24 heavy (non-hydrogen) atoms. The number of amides is 1. The predicted octanol–water partition coefficient (Wildman–Crippen LogP) is 1.44. The molecule has 0 atom stereocenters. The summed E-state index contributed by atoms with van der Waals surface area (Å²) in [5.41, 5.74) is 2.58. The second-order valence-corrected chi connectivity index (χ2v) is 5.88. The van der Waals surface area contributed by atoms with Gasteiger partial charge in [0.15, 0.2) is 0 Å². The summed E-state index contributed by atoms with van der Waals surface area (Å²) in [7, 11) is 3.82. The predicted molar refractivity (Wildman–Crippen MR) is 88.2 cm³/mol. The molecule has 0 spiro atoms. The van der Waals surface area contributed by atoms with E-state index in [4.69, 9.17) is 5.11 Å². The van der Waals surface area contributed by atoms with E-state index in [1.807, 2.05) is 19.0 Å². The van der Waals surface area contributed by atoms with Crippen molar-refractivity contribution in [3.8, 4) is 0 Å². The average molecular weight is 326 g/mol. The van der Waals surface area contributed by atoms with Gasteiger partial charge in [-0.25, -0.2) is 14.8 Å². The van der Waals surface area contributed by atoms with Crippen LogP contribution in [-0.4, -0.2) is 52.5 Å². The fourth-order valence-corrected chi connectivity index (χ4v) is 2.82. The number of nitrogens with zero attached hydrogens (tertiary/aromatic N) is 4. The summed E-state index contributed by atoms with van der Waals surface area (Å²) in [4.78, 5) is 35.9. The number of hydrogen-bond donors (Lipinski definition) is 1. The Balaban J connectivity index is 1.84. The zero-order valence-electron chi connectivity index (χ0n) is 13.6. The van der Waals surface area contributed by atoms with E-state index in [0.717, 1.165) is 17.1 Å². The molecule has 2 heterocycles. The number of fused-ring (bicyclic) bond motifs is 1. The third-order valence-electron chi connectivity index (χ3n) is 4.07. The van der Waals surface area contributed by atoms with Gasteiger partial charge in [0.1, 0.15) is 12.1 Å². The normalized spacial score (nSPS) is 13.3. The summed E-state index contributed by atoms with van der Waals surface area (Å²) in [6.45, 7) is 1.03. The van der Waals surface area contributed by atoms with Crippen molar-refractivity contribution in [2.75, 3.05) is 25.5 Å². The standard InChI is InChI=1S/C17H18N4O3/c1-20(2)15-13-9-21(8-7-14(13)18-10-19-15)16(22)11-3-5-12(6-4-11)17(23)24/h3-6,10H,7-9H2,1-2H3,(H,23,24). The summed E-state index contributed by atoms with van der Waals surface area (Å²) < 4.78 is 0. The van der Waals surface area contributed by atoms with Gasteiger partial charge >= 0.3 is 5.97 Å². The lowest BCUT2D eigenvalue weighted by Crippen LogP contribution is -2.37. The van der Waals surface area contributed by atoms with E-state index in [1.165, 1.54) is 12.1 Å². The zero-order chi connectivity index (χ0) is 17.3. The van der Waals surface area contributed by atoms with E-state index in [0.29, 0.717) is 25.1 Å². The van der Waals surface area contributed by atoms with Crippen molar-refractivity contribution in [2.45, 2.75) is 13.0 Å². The molecule has 0 fully saturated rings. The average Bonchev–Trinajstić information content (AvgIpc) is 2.60. The van der Waals surface area contributed by atoms with Crippen LogP contribution in [0.5, 0.6) is 0 Å². The highest BCUT2D eigenvalue weighted by atomic mass is 16.4. The number of rotatable bonds is 3. The van der Waals surface area contributed by atoms with Crippen molar-refractivity contribution in [3.63, 3.8) is 0 Å². The van der Waals surface area contributed by atoms with Gasteiger partial charge in [-0.05, 0) is 24.3 Å². The minimum atomic E-state index is -1.01. The molecule has 1 aromatic carbocycles. The minimum absolute atomic E-state index is 0.119. The first-order valence-electron chi connectivity index (χ1n) is 7.60. The van der Waals surface area contributed by atoms with Crippen LogP contribution in [0.15, 0.2) is 30.6 Å². The lowest BCUT2D eigenvalue weighted by atomic mass is 10.0. The molecule has 0 radical (unpaired) electrons. The van der Waals surface area contributed by atoms with Gasteiger partial charge in [0.05, 0.1) is 17.8 Å². The molecule has 1 aromatic heterocycles. The van der Waals surface area contributed by atoms with Crippen LogP contribution in [0.25, 0.3) is 0 Å². The number of benzene rings is 1. The molecule has 0 saturated carbocycles. The Morgan fingerprint density at radius 3 is 2.42 bits per heavy atom. The number of carbonyl (C=O) groups excluding carboxylic acids is 1. The lowest BCUT2D eigenvalue weighted by Gasteiger charge is -2.30. The molecule has 124 valence electrons. The van der Waals surface area contributed by atoms with Crippen molar-refractivity contribution in [2.24, 2.45) is 0 Å². The monoisotopic (exact) mass is 326 g/mol. The van der Waals surface area contributed by atoms with Gasteiger partial charge in [0.25, 0.3) is 5.91 Å². The second kappa shape index (κ2) is 6.27. The first-order valence-corrected chi connectivity index (χ1v) is 7.60. The Hall–Kier alpha value is -2.96. The van der Waals surface area contributed by atoms with Gasteiger partial charge in [0.2, 0.25) is 0 Å². The minimum Gasteiger partial charge on any atom is -0.478 e. The molecule has 7 heteroatoms. The Bertz CT molecular complexity index is 787. The number of carboxylic acids is 1. The van der Waals surface area contributed by atoms with Crippen molar-refractivity contribution in [1.82, 2.24) is 14.9 Å². The van der Waals surface area contributed by atoms with Gasteiger partial charge < -0.3 is 14.9 Å². The van der Waals surface area contributed by atoms with Crippen LogP contribution < -0.4 is 4.90 Å². The molecular formula is C17H18N4O3. The highest BCUT2D eigenvalue weighted by Crippen LogP contribution is 2.25. The van der Waals surface area contributed by atoms with Crippen LogP contribution in [-0.2, 0) is 13.0 Å². The van der Waals surface area contributed by atoms with Gasteiger partial charge in [-0.2, -0.15) is 0 Å². The smallest absolute Gasteiger partial charge is 0.335 e. The van der Waals surface area contributed by atoms with Crippen LogP contribution >= 0.6 is 0 Å². The van der Waals surface area contributed by atoms with Crippen molar-refractivity contribution in [3.05, 3.63) is 53.0 Å². The van der Waals surface area contributed by atoms with Gasteiger partial charge in [-0.3, -0.25) is 4.79 Å². The Labute approximate surface area is 139 Å². The molecule has 0 bridgehead atoms. The van der Waals surface area contributed by atoms with Gasteiger partial charge in [0, 0.05) is 38.2 Å². The fourth-order valence-electron chi connectivity index (χ4n) is 2.82.